The number of carbonyl (C=O) groups is 7. The molecule has 2 aliphatic heterocycles. The minimum atomic E-state index is -2.61. The number of allylic oxidation sites excluding steroid dienone is 2. The number of benzene rings is 2. The SMILES string of the molecule is CO[C@H]1C(=O)N[C@]2(O)CC(=O)N(C)CC(=O)N[C@H](Cc3c[nH]c4cc(Cl)ccc34)C(=O)NCC(=O)NC[C@@H](O)CC(=O)N[C@H]([C@H](O)[C@@H](O)CC=C/C=C/c3ccccc3)[C@H](O)C(=O)N[C@@H]12. The van der Waals surface area contributed by atoms with E-state index in [1.165, 1.54) is 13.1 Å². The van der Waals surface area contributed by atoms with Crippen LogP contribution in [-0.2, 0) is 44.7 Å². The van der Waals surface area contributed by atoms with Gasteiger partial charge in [0.1, 0.15) is 18.2 Å². The predicted molar refractivity (Wildman–Crippen MR) is 233 cm³/mol. The van der Waals surface area contributed by atoms with Gasteiger partial charge in [0.05, 0.1) is 44.2 Å². The number of methoxy groups -OCH3 is 1. The van der Waals surface area contributed by atoms with Crippen molar-refractivity contribution >= 4 is 69.9 Å². The van der Waals surface area contributed by atoms with Crippen molar-refractivity contribution in [2.75, 3.05) is 33.8 Å². The van der Waals surface area contributed by atoms with Crippen LogP contribution in [0.15, 0.2) is 73.0 Å². The zero-order chi connectivity index (χ0) is 47.4. The molecule has 0 bridgehead atoms. The van der Waals surface area contributed by atoms with Crippen LogP contribution in [0.25, 0.3) is 17.0 Å². The van der Waals surface area contributed by atoms with Crippen LogP contribution in [0.3, 0.4) is 0 Å². The first-order valence-corrected chi connectivity index (χ1v) is 20.9. The summed E-state index contributed by atoms with van der Waals surface area (Å²) in [7, 11) is 2.26. The van der Waals surface area contributed by atoms with Gasteiger partial charge in [0.15, 0.2) is 17.9 Å². The van der Waals surface area contributed by atoms with E-state index in [1.54, 1.807) is 42.6 Å². The highest BCUT2D eigenvalue weighted by atomic mass is 35.5. The maximum Gasteiger partial charge on any atom is 0.253 e. The average molecular weight is 925 g/mol. The molecule has 2 fully saturated rings. The van der Waals surface area contributed by atoms with Gasteiger partial charge in [-0.05, 0) is 29.7 Å². The lowest BCUT2D eigenvalue weighted by molar-refractivity contribution is -0.146. The molecule has 21 nitrogen and oxygen atoms in total. The number of aliphatic hydroxyl groups is 5. The first-order valence-electron chi connectivity index (χ1n) is 20.5. The van der Waals surface area contributed by atoms with Crippen LogP contribution >= 0.6 is 11.6 Å². The number of nitrogens with zero attached hydrogens (tertiary/aromatic N) is 1. The molecule has 0 spiro atoms. The lowest BCUT2D eigenvalue weighted by atomic mass is 9.95. The molecule has 350 valence electrons. The summed E-state index contributed by atoms with van der Waals surface area (Å²) in [5, 5.41) is 71.1. The Morgan fingerprint density at radius 3 is 2.37 bits per heavy atom. The van der Waals surface area contributed by atoms with Gasteiger partial charge < -0.3 is 72.1 Å². The Bertz CT molecular complexity index is 2280. The minimum absolute atomic E-state index is 0.0980. The number of H-pyrrole nitrogens is 1. The van der Waals surface area contributed by atoms with E-state index in [1.807, 2.05) is 30.3 Å². The van der Waals surface area contributed by atoms with Crippen LogP contribution in [-0.4, -0.2) is 165 Å². The smallest absolute Gasteiger partial charge is 0.253 e. The summed E-state index contributed by atoms with van der Waals surface area (Å²) in [5.74, 6) is -6.83. The zero-order valence-corrected chi connectivity index (χ0v) is 36.2. The van der Waals surface area contributed by atoms with Crippen molar-refractivity contribution < 1.29 is 63.8 Å². The molecule has 2 saturated heterocycles. The number of nitrogens with one attached hydrogen (secondary N) is 7. The number of carbonyl (C=O) groups excluding carboxylic acids is 7. The second-order valence-electron chi connectivity index (χ2n) is 15.7. The second-order valence-corrected chi connectivity index (χ2v) is 16.2. The van der Waals surface area contributed by atoms with Gasteiger partial charge in [-0.2, -0.15) is 0 Å². The molecule has 7 amide bonds. The van der Waals surface area contributed by atoms with Crippen LogP contribution in [0, 0.1) is 0 Å². The number of aromatic amines is 1. The van der Waals surface area contributed by atoms with Crippen LogP contribution in [0.5, 0.6) is 0 Å². The van der Waals surface area contributed by atoms with Crippen molar-refractivity contribution in [2.24, 2.45) is 0 Å². The van der Waals surface area contributed by atoms with Crippen LogP contribution in [0.2, 0.25) is 5.02 Å². The van der Waals surface area contributed by atoms with Gasteiger partial charge in [0.2, 0.25) is 29.5 Å². The number of fused-ring (bicyclic) bond motifs is 2. The van der Waals surface area contributed by atoms with Crippen molar-refractivity contribution in [3.8, 4) is 0 Å². The summed E-state index contributed by atoms with van der Waals surface area (Å²) < 4.78 is 5.22. The molecule has 12 N–H and O–H groups in total. The topological polar surface area (TPSA) is 321 Å². The molecule has 22 heteroatoms. The predicted octanol–water partition coefficient (Wildman–Crippen LogP) is -2.76. The molecular formula is C43H53ClN8O13. The molecule has 9 atom stereocenters. The van der Waals surface area contributed by atoms with E-state index < -0.39 is 128 Å². The maximum atomic E-state index is 13.8. The number of aromatic nitrogens is 1. The van der Waals surface area contributed by atoms with Gasteiger partial charge in [-0.25, -0.2) is 0 Å². The molecule has 5 rings (SSSR count). The summed E-state index contributed by atoms with van der Waals surface area (Å²) in [6.45, 7) is -1.84. The fourth-order valence-corrected chi connectivity index (χ4v) is 7.47. The molecule has 0 saturated carbocycles. The number of ether oxygens (including phenoxy) is 1. The molecular weight excluding hydrogens is 872 g/mol. The Balaban J connectivity index is 1.39. The van der Waals surface area contributed by atoms with Gasteiger partial charge in [0, 0.05) is 49.2 Å². The molecule has 0 unspecified atom stereocenters. The third-order valence-corrected chi connectivity index (χ3v) is 11.0. The average Bonchev–Trinajstić information content (AvgIpc) is 3.77. The largest absolute Gasteiger partial charge is 0.391 e. The molecule has 3 heterocycles. The quantitative estimate of drug-likeness (QED) is 0.0970. The molecule has 2 aromatic carbocycles. The number of amides is 7. The van der Waals surface area contributed by atoms with Crippen molar-refractivity contribution in [1.82, 2.24) is 41.8 Å². The lowest BCUT2D eigenvalue weighted by Gasteiger charge is -2.34. The van der Waals surface area contributed by atoms with Crippen molar-refractivity contribution in [3.05, 3.63) is 89.1 Å². The molecule has 2 aliphatic rings. The Kier molecular flexibility index (Phi) is 17.3. The summed E-state index contributed by atoms with van der Waals surface area (Å²) in [4.78, 5) is 97.2. The highest BCUT2D eigenvalue weighted by molar-refractivity contribution is 6.31. The first kappa shape index (κ1) is 49.8. The van der Waals surface area contributed by atoms with E-state index in [9.17, 15) is 59.1 Å². The van der Waals surface area contributed by atoms with Crippen molar-refractivity contribution in [3.63, 3.8) is 0 Å². The third-order valence-electron chi connectivity index (χ3n) is 10.8. The van der Waals surface area contributed by atoms with Crippen LogP contribution in [0.4, 0.5) is 0 Å². The van der Waals surface area contributed by atoms with E-state index in [-0.39, 0.29) is 12.8 Å². The number of β-amino-alcohol motifs (C(OH)–C–C–N with tert-alkyl or cyclic N) is 1. The second kappa shape index (κ2) is 22.6. The van der Waals surface area contributed by atoms with Crippen molar-refractivity contribution in [1.29, 1.82) is 0 Å². The fraction of sp³-hybridized carbons (Fsp3) is 0.419. The van der Waals surface area contributed by atoms with Gasteiger partial charge in [-0.3, -0.25) is 33.6 Å². The van der Waals surface area contributed by atoms with E-state index in [0.29, 0.717) is 21.5 Å². The number of aliphatic hydroxyl groups excluding tert-OH is 4. The Hall–Kier alpha value is -6.20. The molecule has 0 aliphatic carbocycles. The molecule has 3 aromatic rings. The number of hydrogen-bond acceptors (Lipinski definition) is 13. The van der Waals surface area contributed by atoms with E-state index in [2.05, 4.69) is 36.9 Å². The molecule has 0 radical (unpaired) electrons. The summed E-state index contributed by atoms with van der Waals surface area (Å²) in [6, 6.07) is 9.14. The fourth-order valence-electron chi connectivity index (χ4n) is 7.30. The Morgan fingerprint density at radius 1 is 0.908 bits per heavy atom. The van der Waals surface area contributed by atoms with Gasteiger partial charge in [-0.1, -0.05) is 72.3 Å². The summed E-state index contributed by atoms with van der Waals surface area (Å²) >= 11 is 6.12. The number of hydrogen-bond donors (Lipinski definition) is 12. The Morgan fingerprint density at radius 2 is 1.65 bits per heavy atom. The number of likely N-dealkylation sites (N-methyl/N-ethyl adjacent to an activating group) is 1. The maximum absolute atomic E-state index is 13.8. The van der Waals surface area contributed by atoms with Gasteiger partial charge in [-0.15, -0.1) is 0 Å². The van der Waals surface area contributed by atoms with Gasteiger partial charge in [0.25, 0.3) is 11.8 Å². The lowest BCUT2D eigenvalue weighted by Crippen LogP contribution is -2.64. The highest BCUT2D eigenvalue weighted by Crippen LogP contribution is 2.26. The van der Waals surface area contributed by atoms with Gasteiger partial charge >= 0.3 is 0 Å². The van der Waals surface area contributed by atoms with E-state index in [4.69, 9.17) is 16.3 Å². The monoisotopic (exact) mass is 924 g/mol. The third kappa shape index (κ3) is 13.4. The first-order chi connectivity index (χ1) is 30.9. The summed E-state index contributed by atoms with van der Waals surface area (Å²) in [6.07, 6.45) is -3.41. The number of rotatable bonds is 9. The zero-order valence-electron chi connectivity index (χ0n) is 35.4. The van der Waals surface area contributed by atoms with Crippen LogP contribution < -0.4 is 31.9 Å². The standard InChI is InChI=1S/C43H53ClN8O13/c1-52-22-33(57)48-29(15-24-19-45-28-16-25(44)13-14-27(24)28)40(61)47-21-32(56)46-20-26(53)17-31(55)49-35(36(59)30(54)12-8-4-7-11-23-9-5-3-6-10-23)37(60)41(62)50-39-38(65-2)42(63)51-43(39,64)18-34(52)58/h3-11,13-14,16,19,26,29-30,35-39,45,53-54,59-60,64H,12,15,17-18,20-22H2,1-2H3,(H,46,56)(H,47,61)(H,48,57)(H,49,55)(H,50,62)(H,51,63)/b8-4?,11-7+/t26-,29+,30-,35+,36+,37-,38+,39-,43-/m0/s1. The molecule has 1 aromatic heterocycles. The number of halogens is 1. The van der Waals surface area contributed by atoms with Crippen molar-refractivity contribution in [2.45, 2.75) is 80.1 Å². The Labute approximate surface area is 377 Å². The van der Waals surface area contributed by atoms with E-state index >= 15 is 0 Å². The normalized spacial score (nSPS) is 27.1. The van der Waals surface area contributed by atoms with E-state index in [0.717, 1.165) is 17.6 Å². The highest BCUT2D eigenvalue weighted by Gasteiger charge is 2.55. The molecule has 65 heavy (non-hydrogen) atoms. The summed E-state index contributed by atoms with van der Waals surface area (Å²) in [5.41, 5.74) is -0.495. The van der Waals surface area contributed by atoms with Crippen LogP contribution in [0.1, 0.15) is 30.4 Å². The minimum Gasteiger partial charge on any atom is -0.391 e.